The maximum absolute atomic E-state index is 13.0. The average Bonchev–Trinajstić information content (AvgIpc) is 2.64. The molecule has 0 aliphatic heterocycles. The van der Waals surface area contributed by atoms with Crippen LogP contribution in [0.3, 0.4) is 0 Å². The molecule has 5 nitrogen and oxygen atoms in total. The van der Waals surface area contributed by atoms with Crippen LogP contribution in [0.5, 0.6) is 11.5 Å². The van der Waals surface area contributed by atoms with Crippen molar-refractivity contribution in [2.24, 2.45) is 0 Å². The van der Waals surface area contributed by atoms with Gasteiger partial charge in [-0.15, -0.1) is 0 Å². The molecule has 152 valence electrons. The van der Waals surface area contributed by atoms with E-state index in [1.165, 1.54) is 54.6 Å². The highest BCUT2D eigenvalue weighted by molar-refractivity contribution is 7.87. The number of aromatic hydroxyl groups is 2. The molecule has 0 spiro atoms. The summed E-state index contributed by atoms with van der Waals surface area (Å²) in [6.45, 7) is 0. The van der Waals surface area contributed by atoms with E-state index in [0.29, 0.717) is 0 Å². The third kappa shape index (κ3) is 3.44. The van der Waals surface area contributed by atoms with Crippen LogP contribution in [0, 0.1) is 0 Å². The summed E-state index contributed by atoms with van der Waals surface area (Å²) >= 11 is 24.8. The van der Waals surface area contributed by atoms with Crippen molar-refractivity contribution in [3.05, 3.63) is 91.4 Å². The van der Waals surface area contributed by atoms with Gasteiger partial charge in [-0.05, 0) is 24.3 Å². The van der Waals surface area contributed by atoms with Gasteiger partial charge >= 0.3 is 0 Å². The van der Waals surface area contributed by atoms with Crippen LogP contribution in [0.4, 0.5) is 0 Å². The first kappa shape index (κ1) is 22.0. The van der Waals surface area contributed by atoms with Crippen molar-refractivity contribution in [2.45, 2.75) is 4.75 Å². The maximum Gasteiger partial charge on any atom is 0.283 e. The Morgan fingerprint density at radius 1 is 0.724 bits per heavy atom. The largest absolute Gasteiger partial charge is 0.508 e. The second-order valence-electron chi connectivity index (χ2n) is 6.03. The van der Waals surface area contributed by atoms with Crippen LogP contribution in [-0.4, -0.2) is 23.2 Å². The first-order valence-corrected chi connectivity index (χ1v) is 10.9. The van der Waals surface area contributed by atoms with E-state index in [-0.39, 0.29) is 36.8 Å². The molecule has 0 heterocycles. The Hall–Kier alpha value is -1.67. The van der Waals surface area contributed by atoms with Gasteiger partial charge in [-0.2, -0.15) is 8.42 Å². The summed E-state index contributed by atoms with van der Waals surface area (Å²) < 4.78 is 33.9. The van der Waals surface area contributed by atoms with Gasteiger partial charge in [0, 0.05) is 21.7 Å². The minimum atomic E-state index is -5.22. The molecule has 3 aromatic carbocycles. The van der Waals surface area contributed by atoms with Gasteiger partial charge < -0.3 is 10.2 Å². The minimum Gasteiger partial charge on any atom is -0.508 e. The van der Waals surface area contributed by atoms with Crippen LogP contribution in [0.25, 0.3) is 0 Å². The monoisotopic (exact) mass is 492 g/mol. The molecule has 0 aromatic heterocycles. The Labute approximate surface area is 186 Å². The zero-order valence-electron chi connectivity index (χ0n) is 14.3. The van der Waals surface area contributed by atoms with Gasteiger partial charge in [-0.1, -0.05) is 76.7 Å². The lowest BCUT2D eigenvalue weighted by molar-refractivity contribution is 0.428. The minimum absolute atomic E-state index is 0.0592. The maximum atomic E-state index is 13.0. The molecule has 1 atom stereocenters. The number of para-hydroxylation sites is 2. The molecule has 1 unspecified atom stereocenters. The lowest BCUT2D eigenvalue weighted by Gasteiger charge is -2.34. The van der Waals surface area contributed by atoms with Crippen molar-refractivity contribution >= 4 is 56.5 Å². The molecule has 0 radical (unpaired) electrons. The van der Waals surface area contributed by atoms with Crippen LogP contribution >= 0.6 is 46.4 Å². The Kier molecular flexibility index (Phi) is 5.98. The molecule has 29 heavy (non-hydrogen) atoms. The zero-order valence-corrected chi connectivity index (χ0v) is 18.1. The van der Waals surface area contributed by atoms with Crippen LogP contribution in [0.2, 0.25) is 20.1 Å². The summed E-state index contributed by atoms with van der Waals surface area (Å²) in [6, 6.07) is 11.9. The summed E-state index contributed by atoms with van der Waals surface area (Å²) in [7, 11) is -5.22. The van der Waals surface area contributed by atoms with Gasteiger partial charge in [0.15, 0.2) is 4.75 Å². The van der Waals surface area contributed by atoms with Crippen LogP contribution in [-0.2, 0) is 14.9 Å². The second-order valence-corrected chi connectivity index (χ2v) is 9.19. The summed E-state index contributed by atoms with van der Waals surface area (Å²) in [5.41, 5.74) is -1.04. The fourth-order valence-corrected chi connectivity index (χ4v) is 5.70. The van der Waals surface area contributed by atoms with Gasteiger partial charge in [0.2, 0.25) is 0 Å². The van der Waals surface area contributed by atoms with Crippen molar-refractivity contribution < 1.29 is 23.2 Å². The number of rotatable bonds is 4. The van der Waals surface area contributed by atoms with E-state index < -0.39 is 26.4 Å². The van der Waals surface area contributed by atoms with Crippen molar-refractivity contribution in [1.29, 1.82) is 0 Å². The van der Waals surface area contributed by atoms with Crippen molar-refractivity contribution in [1.82, 2.24) is 0 Å². The third-order valence-corrected chi connectivity index (χ3v) is 7.27. The van der Waals surface area contributed by atoms with Crippen molar-refractivity contribution in [3.8, 4) is 11.5 Å². The molecule has 0 aliphatic carbocycles. The predicted octanol–water partition coefficient (Wildman–Crippen LogP) is 5.89. The molecule has 3 N–H and O–H groups in total. The van der Waals surface area contributed by atoms with E-state index in [1.807, 2.05) is 0 Å². The molecule has 0 amide bonds. The van der Waals surface area contributed by atoms with Crippen molar-refractivity contribution in [2.75, 3.05) is 0 Å². The quantitative estimate of drug-likeness (QED) is 0.239. The van der Waals surface area contributed by atoms with Gasteiger partial charge in [0.05, 0.1) is 15.1 Å². The fraction of sp³-hybridized carbons (Fsp3) is 0.0526. The molecule has 0 saturated heterocycles. The summed E-state index contributed by atoms with van der Waals surface area (Å²) in [5, 5.41) is 20.5. The van der Waals surface area contributed by atoms with E-state index in [4.69, 9.17) is 46.4 Å². The second kappa shape index (κ2) is 7.87. The summed E-state index contributed by atoms with van der Waals surface area (Å²) in [5.74, 6) is -1.15. The third-order valence-electron chi connectivity index (χ3n) is 4.43. The SMILES string of the molecule is O=S(=O)(O)C(c1ccccc1O)(c1cccc(Cl)c1O)c1c(Cl)ccc(Cl)c1Cl. The highest BCUT2D eigenvalue weighted by atomic mass is 35.5. The van der Waals surface area contributed by atoms with E-state index in [2.05, 4.69) is 0 Å². The van der Waals surface area contributed by atoms with Gasteiger partial charge in [-0.3, -0.25) is 4.55 Å². The lowest BCUT2D eigenvalue weighted by atomic mass is 9.82. The zero-order chi connectivity index (χ0) is 21.6. The number of halogens is 4. The van der Waals surface area contributed by atoms with E-state index in [1.54, 1.807) is 0 Å². The lowest BCUT2D eigenvalue weighted by Crippen LogP contribution is -2.39. The number of hydrogen-bond donors (Lipinski definition) is 3. The molecular formula is C19H12Cl4O5S. The normalized spacial score (nSPS) is 13.8. The summed E-state index contributed by atoms with van der Waals surface area (Å²) in [4.78, 5) is 0. The number of phenols is 2. The number of hydrogen-bond acceptors (Lipinski definition) is 4. The Bertz CT molecular complexity index is 1210. The number of benzene rings is 3. The topological polar surface area (TPSA) is 94.8 Å². The van der Waals surface area contributed by atoms with E-state index in [0.717, 1.165) is 0 Å². The Balaban J connectivity index is 2.71. The van der Waals surface area contributed by atoms with Crippen LogP contribution in [0.1, 0.15) is 16.7 Å². The van der Waals surface area contributed by atoms with Gasteiger partial charge in [0.1, 0.15) is 11.5 Å². The predicted molar refractivity (Wildman–Crippen MR) is 114 cm³/mol. The summed E-state index contributed by atoms with van der Waals surface area (Å²) in [6.07, 6.45) is 0. The molecule has 0 aliphatic rings. The first-order valence-electron chi connectivity index (χ1n) is 7.91. The standard InChI is InChI=1S/C19H12Cl4O5S/c20-12-8-9-13(21)17(23)16(12)19(29(26,27)28,10-4-1-2-7-15(10)24)11-5-3-6-14(22)18(11)25/h1-9,24-25H,(H,26,27,28). The van der Waals surface area contributed by atoms with E-state index in [9.17, 15) is 23.2 Å². The Morgan fingerprint density at radius 2 is 1.31 bits per heavy atom. The van der Waals surface area contributed by atoms with Crippen LogP contribution in [0.15, 0.2) is 54.6 Å². The van der Waals surface area contributed by atoms with Crippen LogP contribution < -0.4 is 0 Å². The Morgan fingerprint density at radius 3 is 1.93 bits per heavy atom. The van der Waals surface area contributed by atoms with Gasteiger partial charge in [0.25, 0.3) is 10.1 Å². The number of phenolic OH excluding ortho intramolecular Hbond substituents is 2. The first-order chi connectivity index (χ1) is 13.5. The smallest absolute Gasteiger partial charge is 0.283 e. The average molecular weight is 494 g/mol. The van der Waals surface area contributed by atoms with Gasteiger partial charge in [-0.25, -0.2) is 0 Å². The molecule has 0 saturated carbocycles. The highest BCUT2D eigenvalue weighted by Gasteiger charge is 2.54. The molecule has 0 bridgehead atoms. The van der Waals surface area contributed by atoms with E-state index >= 15 is 0 Å². The van der Waals surface area contributed by atoms with Crippen molar-refractivity contribution in [3.63, 3.8) is 0 Å². The molecular weight excluding hydrogens is 482 g/mol. The highest BCUT2D eigenvalue weighted by Crippen LogP contribution is 2.55. The molecule has 3 aromatic rings. The molecule has 3 rings (SSSR count). The molecule has 10 heteroatoms. The molecule has 0 fully saturated rings. The fourth-order valence-electron chi connectivity index (χ4n) is 3.24.